The fourth-order valence-electron chi connectivity index (χ4n) is 2.86. The minimum atomic E-state index is -0.218. The van der Waals surface area contributed by atoms with Crippen molar-refractivity contribution in [2.45, 2.75) is 38.3 Å². The van der Waals surface area contributed by atoms with Gasteiger partial charge in [0.2, 0.25) is 11.8 Å². The van der Waals surface area contributed by atoms with Crippen LogP contribution < -0.4 is 5.73 Å². The highest BCUT2D eigenvalue weighted by Crippen LogP contribution is 2.23. The van der Waals surface area contributed by atoms with Crippen LogP contribution in [0.1, 0.15) is 26.2 Å². The van der Waals surface area contributed by atoms with Gasteiger partial charge in [-0.25, -0.2) is 0 Å². The predicted molar refractivity (Wildman–Crippen MR) is 70.4 cm³/mol. The zero-order valence-electron chi connectivity index (χ0n) is 11.5. The van der Waals surface area contributed by atoms with Crippen LogP contribution in [-0.4, -0.2) is 66.5 Å². The SMILES string of the molecule is CCOC(CN)CCN1CC(=O)N2CCCC2C1=O. The lowest BCUT2D eigenvalue weighted by Crippen LogP contribution is -2.57. The standard InChI is InChI=1S/C13H23N3O3/c1-2-19-10(8-14)5-7-15-9-12(17)16-6-3-4-11(16)13(15)18/h10-11H,2-9,14H2,1H3. The molecule has 0 aromatic carbocycles. The summed E-state index contributed by atoms with van der Waals surface area (Å²) in [4.78, 5) is 27.6. The molecule has 0 saturated carbocycles. The molecule has 2 saturated heterocycles. The summed E-state index contributed by atoms with van der Waals surface area (Å²) in [5.74, 6) is 0.159. The number of fused-ring (bicyclic) bond motifs is 1. The van der Waals surface area contributed by atoms with Crippen LogP contribution in [-0.2, 0) is 14.3 Å². The first-order chi connectivity index (χ1) is 9.17. The van der Waals surface area contributed by atoms with Crippen LogP contribution in [0.3, 0.4) is 0 Å². The van der Waals surface area contributed by atoms with Gasteiger partial charge in [0.25, 0.3) is 0 Å². The molecule has 2 N–H and O–H groups in total. The van der Waals surface area contributed by atoms with Crippen molar-refractivity contribution in [2.24, 2.45) is 5.73 Å². The molecule has 2 fully saturated rings. The highest BCUT2D eigenvalue weighted by Gasteiger charge is 2.41. The highest BCUT2D eigenvalue weighted by molar-refractivity contribution is 5.95. The van der Waals surface area contributed by atoms with Crippen LogP contribution >= 0.6 is 0 Å². The van der Waals surface area contributed by atoms with Gasteiger partial charge in [-0.05, 0) is 26.2 Å². The third-order valence-corrected chi connectivity index (χ3v) is 3.88. The van der Waals surface area contributed by atoms with Gasteiger partial charge in [0.1, 0.15) is 6.04 Å². The minimum Gasteiger partial charge on any atom is -0.377 e. The van der Waals surface area contributed by atoms with Crippen molar-refractivity contribution in [3.63, 3.8) is 0 Å². The lowest BCUT2D eigenvalue weighted by molar-refractivity contribution is -0.153. The second-order valence-electron chi connectivity index (χ2n) is 5.11. The van der Waals surface area contributed by atoms with E-state index >= 15 is 0 Å². The number of carbonyl (C=O) groups is 2. The van der Waals surface area contributed by atoms with E-state index in [0.29, 0.717) is 26.1 Å². The maximum absolute atomic E-state index is 12.3. The number of rotatable bonds is 6. The summed E-state index contributed by atoms with van der Waals surface area (Å²) >= 11 is 0. The molecule has 2 atom stereocenters. The summed E-state index contributed by atoms with van der Waals surface area (Å²) in [6.45, 7) is 4.47. The van der Waals surface area contributed by atoms with Crippen LogP contribution in [0.25, 0.3) is 0 Å². The van der Waals surface area contributed by atoms with Crippen molar-refractivity contribution in [1.29, 1.82) is 0 Å². The minimum absolute atomic E-state index is 0.0329. The van der Waals surface area contributed by atoms with E-state index in [0.717, 1.165) is 19.4 Å². The number of ether oxygens (including phenoxy) is 1. The number of piperazine rings is 1. The third kappa shape index (κ3) is 3.06. The van der Waals surface area contributed by atoms with Gasteiger partial charge >= 0.3 is 0 Å². The van der Waals surface area contributed by atoms with Gasteiger partial charge in [-0.15, -0.1) is 0 Å². The topological polar surface area (TPSA) is 75.9 Å². The van der Waals surface area contributed by atoms with Crippen molar-refractivity contribution in [2.75, 3.05) is 32.8 Å². The van der Waals surface area contributed by atoms with E-state index in [9.17, 15) is 9.59 Å². The normalized spacial score (nSPS) is 24.8. The molecular formula is C13H23N3O3. The lowest BCUT2D eigenvalue weighted by Gasteiger charge is -2.36. The summed E-state index contributed by atoms with van der Waals surface area (Å²) in [6, 6.07) is -0.218. The van der Waals surface area contributed by atoms with Crippen molar-refractivity contribution in [3.05, 3.63) is 0 Å². The Labute approximate surface area is 113 Å². The molecule has 2 aliphatic heterocycles. The Morgan fingerprint density at radius 3 is 2.95 bits per heavy atom. The molecule has 2 unspecified atom stereocenters. The quantitative estimate of drug-likeness (QED) is 0.710. The molecule has 6 nitrogen and oxygen atoms in total. The first-order valence-electron chi connectivity index (χ1n) is 7.07. The molecule has 2 rings (SSSR count). The zero-order valence-corrected chi connectivity index (χ0v) is 11.5. The van der Waals surface area contributed by atoms with E-state index in [1.54, 1.807) is 9.80 Å². The van der Waals surface area contributed by atoms with Crippen molar-refractivity contribution < 1.29 is 14.3 Å². The van der Waals surface area contributed by atoms with E-state index in [2.05, 4.69) is 0 Å². The molecule has 0 radical (unpaired) electrons. The number of amides is 2. The maximum atomic E-state index is 12.3. The van der Waals surface area contributed by atoms with Gasteiger partial charge in [0, 0.05) is 26.2 Å². The molecule has 2 aliphatic rings. The van der Waals surface area contributed by atoms with Gasteiger partial charge < -0.3 is 20.3 Å². The van der Waals surface area contributed by atoms with Gasteiger partial charge in [0.05, 0.1) is 12.6 Å². The third-order valence-electron chi connectivity index (χ3n) is 3.88. The van der Waals surface area contributed by atoms with Crippen molar-refractivity contribution >= 4 is 11.8 Å². The Morgan fingerprint density at radius 2 is 2.26 bits per heavy atom. The molecule has 108 valence electrons. The molecule has 2 amide bonds. The van der Waals surface area contributed by atoms with E-state index < -0.39 is 0 Å². The maximum Gasteiger partial charge on any atom is 0.245 e. The molecule has 0 bridgehead atoms. The number of nitrogens with zero attached hydrogens (tertiary/aromatic N) is 2. The summed E-state index contributed by atoms with van der Waals surface area (Å²) in [5.41, 5.74) is 5.62. The predicted octanol–water partition coefficient (Wildman–Crippen LogP) is -0.426. The van der Waals surface area contributed by atoms with E-state index in [4.69, 9.17) is 10.5 Å². The Bertz CT molecular complexity index is 348. The average molecular weight is 269 g/mol. The molecule has 2 heterocycles. The molecule has 0 aliphatic carbocycles. The van der Waals surface area contributed by atoms with Gasteiger partial charge in [-0.1, -0.05) is 0 Å². The summed E-state index contributed by atoms with van der Waals surface area (Å²) in [7, 11) is 0. The second kappa shape index (κ2) is 6.34. The molecule has 6 heteroatoms. The van der Waals surface area contributed by atoms with Gasteiger partial charge in [-0.2, -0.15) is 0 Å². The first kappa shape index (κ1) is 14.3. The van der Waals surface area contributed by atoms with Crippen molar-refractivity contribution in [1.82, 2.24) is 9.80 Å². The van der Waals surface area contributed by atoms with Gasteiger partial charge in [-0.3, -0.25) is 9.59 Å². The smallest absolute Gasteiger partial charge is 0.245 e. The van der Waals surface area contributed by atoms with Crippen LogP contribution in [0.15, 0.2) is 0 Å². The molecule has 0 spiro atoms. The molecule has 19 heavy (non-hydrogen) atoms. The lowest BCUT2D eigenvalue weighted by atomic mass is 10.1. The number of carbonyl (C=O) groups excluding carboxylic acids is 2. The van der Waals surface area contributed by atoms with E-state index in [-0.39, 0.29) is 30.5 Å². The number of hydrogen-bond donors (Lipinski definition) is 1. The van der Waals surface area contributed by atoms with E-state index in [1.807, 2.05) is 6.92 Å². The Morgan fingerprint density at radius 1 is 1.47 bits per heavy atom. The van der Waals surface area contributed by atoms with Crippen LogP contribution in [0.5, 0.6) is 0 Å². The summed E-state index contributed by atoms with van der Waals surface area (Å²) in [5, 5.41) is 0. The van der Waals surface area contributed by atoms with Crippen LogP contribution in [0.4, 0.5) is 0 Å². The first-order valence-corrected chi connectivity index (χ1v) is 7.07. The summed E-state index contributed by atoms with van der Waals surface area (Å²) in [6.07, 6.45) is 2.39. The summed E-state index contributed by atoms with van der Waals surface area (Å²) < 4.78 is 5.47. The number of hydrogen-bond acceptors (Lipinski definition) is 4. The average Bonchev–Trinajstić information content (AvgIpc) is 2.89. The van der Waals surface area contributed by atoms with E-state index in [1.165, 1.54) is 0 Å². The van der Waals surface area contributed by atoms with Crippen LogP contribution in [0.2, 0.25) is 0 Å². The number of nitrogens with two attached hydrogens (primary N) is 1. The Hall–Kier alpha value is -1.14. The Balaban J connectivity index is 1.90. The molecular weight excluding hydrogens is 246 g/mol. The second-order valence-corrected chi connectivity index (χ2v) is 5.11. The fourth-order valence-corrected chi connectivity index (χ4v) is 2.86. The molecule has 0 aromatic rings. The fraction of sp³-hybridized carbons (Fsp3) is 0.846. The largest absolute Gasteiger partial charge is 0.377 e. The monoisotopic (exact) mass is 269 g/mol. The highest BCUT2D eigenvalue weighted by atomic mass is 16.5. The zero-order chi connectivity index (χ0) is 13.8. The Kier molecular flexibility index (Phi) is 4.76. The van der Waals surface area contributed by atoms with Crippen LogP contribution in [0, 0.1) is 0 Å². The van der Waals surface area contributed by atoms with Gasteiger partial charge in [0.15, 0.2) is 0 Å². The van der Waals surface area contributed by atoms with Crippen molar-refractivity contribution in [3.8, 4) is 0 Å². The molecule has 0 aromatic heterocycles.